The minimum atomic E-state index is -5.19. The maximum Gasteiger partial charge on any atom is 0.430 e. The molecule has 15 amide bonds. The second-order valence-corrected chi connectivity index (χ2v) is 38.1. The van der Waals surface area contributed by atoms with Crippen LogP contribution in [0.25, 0.3) is 20.9 Å². The predicted molar refractivity (Wildman–Crippen MR) is 518 cm³/mol. The number of carbonyl (C=O) groups excluding carboxylic acids is 12. The molecule has 64 heteroatoms. The number of urea groups is 6. The van der Waals surface area contributed by atoms with Crippen molar-refractivity contribution in [1.29, 1.82) is 0 Å². The Bertz CT molecular complexity index is 6240. The first kappa shape index (κ1) is 106. The van der Waals surface area contributed by atoms with E-state index in [0.29, 0.717) is 100 Å². The number of carbonyl (C=O) groups is 12. The number of hydroxylamine groups is 12. The van der Waals surface area contributed by atoms with Gasteiger partial charge in [-0.1, -0.05) is 62.6 Å². The van der Waals surface area contributed by atoms with E-state index in [1.165, 1.54) is 104 Å². The first-order valence-corrected chi connectivity index (χ1v) is 50.8. The summed E-state index contributed by atoms with van der Waals surface area (Å²) in [6.45, 7) is 29.7. The topological polar surface area (TPSA) is 598 Å². The third-order valence-corrected chi connectivity index (χ3v) is 29.8. The lowest BCUT2D eigenvalue weighted by molar-refractivity contribution is -0.532. The van der Waals surface area contributed by atoms with Gasteiger partial charge in [-0.25, -0.2) is 68.6 Å². The number of alkyl halides is 4. The Hall–Kier alpha value is -13.9. The van der Waals surface area contributed by atoms with Crippen LogP contribution in [0.5, 0.6) is 0 Å². The van der Waals surface area contributed by atoms with E-state index < -0.39 is 42.2 Å². The quantitative estimate of drug-likeness (QED) is 0.00509. The van der Waals surface area contributed by atoms with E-state index in [4.69, 9.17) is 50.0 Å². The summed E-state index contributed by atoms with van der Waals surface area (Å²) < 4.78 is 31.5. The fourth-order valence-electron chi connectivity index (χ4n) is 17.9. The zero-order chi connectivity index (χ0) is 104. The lowest BCUT2D eigenvalue weighted by Crippen LogP contribution is -2.88. The number of nitrogens with two attached hydrogens (primary N) is 1. The maximum absolute atomic E-state index is 13.1. The van der Waals surface area contributed by atoms with Crippen molar-refractivity contribution in [3.63, 3.8) is 0 Å². The lowest BCUT2D eigenvalue weighted by Gasteiger charge is -2.33. The molecule has 6 fully saturated rings. The summed E-state index contributed by atoms with van der Waals surface area (Å²) in [4.78, 5) is 244. The molecular weight excluding hydrogens is 2100 g/mol. The molecule has 766 valence electrons. The first-order valence-electron chi connectivity index (χ1n) is 44.4. The van der Waals surface area contributed by atoms with Gasteiger partial charge in [-0.15, -0.1) is 107 Å². The van der Waals surface area contributed by atoms with Gasteiger partial charge in [0.2, 0.25) is 23.6 Å². The number of nitrogens with zero attached hydrogens (tertiary/aromatic N) is 29. The van der Waals surface area contributed by atoms with Crippen LogP contribution in [-0.4, -0.2) is 357 Å². The number of aliphatic imine (C=N–C) groups is 2. The monoisotopic (exact) mass is 2190 g/mol. The van der Waals surface area contributed by atoms with Gasteiger partial charge < -0.3 is 74.1 Å². The largest absolute Gasteiger partial charge is 0.542 e. The molecular formula is C82H89B2BrF3N33O19S6. The van der Waals surface area contributed by atoms with Crippen LogP contribution >= 0.6 is 84.0 Å². The van der Waals surface area contributed by atoms with Crippen LogP contribution in [0.2, 0.25) is 0 Å². The molecule has 14 aliphatic heterocycles. The fraction of sp³-hybridized carbons (Fsp3) is 0.427. The molecule has 52 nitrogen and oxygen atoms in total. The van der Waals surface area contributed by atoms with Crippen molar-refractivity contribution in [3.05, 3.63) is 212 Å². The molecule has 0 aromatic carbocycles. The number of imidazole rings is 1. The van der Waals surface area contributed by atoms with E-state index in [1.54, 1.807) is 108 Å². The van der Waals surface area contributed by atoms with E-state index >= 15 is 0 Å². The van der Waals surface area contributed by atoms with Gasteiger partial charge in [-0.2, -0.15) is 43.6 Å². The number of aromatic amines is 1. The SMILES string of the molecule is C=CCON1C(=O)N2CC1c1scnc1[C@H]2C(=O)N([B]C=O)CCN=[N+]=[N-].C=CCON1C(=O)N2CC1c1scnc1[C@H]2C(=O)NCCBr.C=CCON1C(=O)N2CC1c1scnc1[C@H]2C(=O)NCCN=[N+]=[N-].C=CCON1C(=O)N2CC1c1scnc1[C@H]2C1=NCCN1[B]C=O.C=CCON1C(=O)N2CC1c1scnc1[C@H]2C1=NCC[NH2+]1.C=CCON1C(=O)N2CC1c1scnc1[C@H]2c1ncc[nH]1.O=C([O-])C(F)(F)F. The summed E-state index contributed by atoms with van der Waals surface area (Å²) in [5.74, 6) is -1.71. The number of fused-ring (bicyclic) bond motifs is 24. The highest BCUT2D eigenvalue weighted by atomic mass is 79.9. The Labute approximate surface area is 860 Å². The number of azide groups is 2. The number of halogens is 4. The van der Waals surface area contributed by atoms with Crippen LogP contribution in [0.1, 0.15) is 142 Å². The highest BCUT2D eigenvalue weighted by molar-refractivity contribution is 9.09. The summed E-state index contributed by atoms with van der Waals surface area (Å²) in [7, 11) is 2.51. The summed E-state index contributed by atoms with van der Waals surface area (Å²) in [5, 5.41) is 31.9. The van der Waals surface area contributed by atoms with Crippen LogP contribution in [0, 0.1) is 0 Å². The van der Waals surface area contributed by atoms with Crippen LogP contribution in [-0.2, 0) is 57.8 Å². The molecule has 14 aliphatic rings. The van der Waals surface area contributed by atoms with Crippen molar-refractivity contribution < 1.29 is 110 Å². The van der Waals surface area contributed by atoms with E-state index in [-0.39, 0.29) is 155 Å². The van der Waals surface area contributed by atoms with E-state index in [2.05, 4.69) is 141 Å². The third-order valence-electron chi connectivity index (χ3n) is 23.7. The molecule has 5 N–H and O–H groups in total. The molecule has 21 heterocycles. The number of rotatable bonds is 36. The number of thiazole rings is 6. The lowest BCUT2D eigenvalue weighted by atomic mass is 9.91. The molecule has 12 bridgehead atoms. The second kappa shape index (κ2) is 48.4. The molecule has 146 heavy (non-hydrogen) atoms. The number of aliphatic carboxylic acids is 1. The number of nitrogens with one attached hydrogen (secondary N) is 3. The second-order valence-electron chi connectivity index (χ2n) is 32.0. The number of carboxylic acid groups (broad SMARTS) is 1. The number of hydrogen-bond acceptors (Lipinski definition) is 37. The Morgan fingerprint density at radius 1 is 0.514 bits per heavy atom. The zero-order valence-corrected chi connectivity index (χ0v) is 83.4. The Morgan fingerprint density at radius 2 is 0.870 bits per heavy atom. The average Bonchev–Trinajstić information content (AvgIpc) is 1.60. The smallest absolute Gasteiger partial charge is 0.430 e. The van der Waals surface area contributed by atoms with Crippen molar-refractivity contribution >= 4 is 183 Å². The first-order chi connectivity index (χ1) is 70.8. The number of H-pyrrole nitrogens is 1. The number of amidine groups is 2. The molecule has 6 unspecified atom stereocenters. The fourth-order valence-corrected chi connectivity index (χ4v) is 23.4. The summed E-state index contributed by atoms with van der Waals surface area (Å²) in [5.41, 5.74) is 31.4. The van der Waals surface area contributed by atoms with Gasteiger partial charge in [0, 0.05) is 66.8 Å². The van der Waals surface area contributed by atoms with Gasteiger partial charge in [0.1, 0.15) is 84.9 Å². The minimum absolute atomic E-state index is 0.00559. The number of quaternary nitrogens is 1. The van der Waals surface area contributed by atoms with Crippen LogP contribution in [0.4, 0.5) is 41.9 Å². The van der Waals surface area contributed by atoms with Crippen molar-refractivity contribution in [1.82, 2.24) is 120 Å². The summed E-state index contributed by atoms with van der Waals surface area (Å²) in [6, 6.07) is -6.09. The van der Waals surface area contributed by atoms with Gasteiger partial charge in [-0.05, 0) is 11.1 Å². The zero-order valence-electron chi connectivity index (χ0n) is 76.9. The molecule has 2 radical (unpaired) electrons. The standard InChI is InChI=1S/C14H15BN7O4S.C14H15BN5O3S.C13H15BrN4O3S.C13H15N7O3S.C13H15N5O2S.C13H13N5O2S.C2HF3O2/c1-2-5-26-22-9-6-20(14(22)25)11(10-12(9)27-8-17-10)13(24)21(15-7-23)4-3-18-19-16;1-2-5-23-20-9-6-18(14(20)22)11(10-12(9)24-8-17-10)13-16-3-4-19(13)15-7-21;1-2-5-21-18-8-6-17(13(18)20)10(12(19)15-4-3-14)9-11(8)22-7-16-9;1-2-5-23-20-8-6-19(13(20)22)10(9-11(8)24-7-16-9)12(21)15-3-4-17-18-14;2*1-2-5-20-18-8-6-17(13(18)19)10(12-14-3-4-15-12)9-11(8)21-7-16-9;3-2(4,5)1(6)7/h2,7-9,11H,1,3-6H2;2,7-9,11H,1,3-6H2;2,7-8,10H,1,3-6H2,(H,15,19);2,7-8,10H,1,3-6H2,(H,15,21);2,7-8,10H,1,3-6H2,(H,14,15);2-4,7-8,10H,1,5-6H2,(H,14,15);(H,6,7)/t2*9?,11-;4*8?,10-;/m000000./s1. The van der Waals surface area contributed by atoms with E-state index in [1.807, 2.05) is 10.4 Å². The van der Waals surface area contributed by atoms with Gasteiger partial charge in [0.05, 0.1) is 188 Å². The van der Waals surface area contributed by atoms with Gasteiger partial charge in [-0.3, -0.25) is 53.7 Å². The van der Waals surface area contributed by atoms with E-state index in [0.717, 1.165) is 89.5 Å². The molecule has 7 aromatic heterocycles. The molecule has 0 spiro atoms. The van der Waals surface area contributed by atoms with Crippen molar-refractivity contribution in [3.8, 4) is 0 Å². The summed E-state index contributed by atoms with van der Waals surface area (Å²) in [6.07, 6.45) is 8.98. The van der Waals surface area contributed by atoms with Gasteiger partial charge in [0.25, 0.3) is 0 Å². The Kier molecular flexibility index (Phi) is 35.3. The van der Waals surface area contributed by atoms with Crippen LogP contribution in [0.3, 0.4) is 0 Å². The molecule has 12 atom stereocenters. The molecule has 21 rings (SSSR count). The summed E-state index contributed by atoms with van der Waals surface area (Å²) >= 11 is 12.1. The van der Waals surface area contributed by atoms with Crippen LogP contribution in [0.15, 0.2) is 142 Å². The molecule has 6 saturated heterocycles. The number of aromatic nitrogens is 8. The molecule has 0 aliphatic carbocycles. The average molecular weight is 2190 g/mol. The third kappa shape index (κ3) is 21.6. The number of carboxylic acids is 1. The maximum atomic E-state index is 13.1. The van der Waals surface area contributed by atoms with Crippen molar-refractivity contribution in [2.45, 2.75) is 78.7 Å². The Morgan fingerprint density at radius 3 is 1.24 bits per heavy atom. The predicted octanol–water partition coefficient (Wildman–Crippen LogP) is 6.02. The molecule has 0 saturated carbocycles. The van der Waals surface area contributed by atoms with Crippen LogP contribution < -0.4 is 21.1 Å². The number of amides is 15. The van der Waals surface area contributed by atoms with Gasteiger partial charge >= 0.3 is 57.2 Å². The Balaban J connectivity index is 0.000000130. The van der Waals surface area contributed by atoms with Crippen molar-refractivity contribution in [2.24, 2.45) is 20.2 Å². The van der Waals surface area contributed by atoms with Gasteiger partial charge in [0.15, 0.2) is 24.2 Å². The minimum Gasteiger partial charge on any atom is -0.542 e. The highest BCUT2D eigenvalue weighted by Crippen LogP contribution is 2.53. The number of hydrogen-bond donors (Lipinski definition) is 4. The molecule has 7 aromatic rings. The normalized spacial score (nSPS) is 22.5. The highest BCUT2D eigenvalue weighted by Gasteiger charge is 2.60. The van der Waals surface area contributed by atoms with Crippen molar-refractivity contribution in [2.75, 3.05) is 143 Å². The van der Waals surface area contributed by atoms with E-state index in [9.17, 15) is 65.9 Å².